The Kier molecular flexibility index (Phi) is 6.51. The maximum atomic E-state index is 13.7. The number of hydrogen-bond acceptors (Lipinski definition) is 6. The van der Waals surface area contributed by atoms with Gasteiger partial charge in [0.2, 0.25) is 0 Å². The number of aromatic nitrogens is 3. The Hall–Kier alpha value is -4.09. The summed E-state index contributed by atoms with van der Waals surface area (Å²) >= 11 is 0. The number of nitrogens with zero attached hydrogens (tertiary/aromatic N) is 5. The molecule has 0 spiro atoms. The van der Waals surface area contributed by atoms with Gasteiger partial charge in [-0.3, -0.25) is 9.36 Å². The second-order valence-corrected chi connectivity index (χ2v) is 8.83. The first-order chi connectivity index (χ1) is 17.2. The van der Waals surface area contributed by atoms with Crippen molar-refractivity contribution in [2.75, 3.05) is 24.6 Å². The zero-order chi connectivity index (χ0) is 24.2. The summed E-state index contributed by atoms with van der Waals surface area (Å²) in [6, 6.07) is 21.8. The number of fused-ring (bicyclic) bond motifs is 1. The van der Waals surface area contributed by atoms with Gasteiger partial charge in [-0.1, -0.05) is 48.5 Å². The highest BCUT2D eigenvalue weighted by molar-refractivity contribution is 5.89. The molecular formula is C27H28N6O2. The summed E-state index contributed by atoms with van der Waals surface area (Å²) in [5.74, 6) is 1.47. The van der Waals surface area contributed by atoms with Crippen LogP contribution < -0.4 is 20.9 Å². The first kappa shape index (κ1) is 22.7. The Balaban J connectivity index is 1.58. The van der Waals surface area contributed by atoms with Crippen molar-refractivity contribution in [3.63, 3.8) is 0 Å². The van der Waals surface area contributed by atoms with Crippen LogP contribution in [-0.4, -0.2) is 39.9 Å². The van der Waals surface area contributed by atoms with Gasteiger partial charge in [-0.25, -0.2) is 4.98 Å². The molecule has 0 bridgehead atoms. The lowest BCUT2D eigenvalue weighted by molar-refractivity contribution is 0.296. The molecule has 0 radical (unpaired) electrons. The number of ether oxygens (including phenoxy) is 1. The Morgan fingerprint density at radius 2 is 1.86 bits per heavy atom. The van der Waals surface area contributed by atoms with Crippen LogP contribution in [0.2, 0.25) is 0 Å². The maximum absolute atomic E-state index is 13.7. The fraction of sp³-hybridized carbons (Fsp3) is 0.296. The quantitative estimate of drug-likeness (QED) is 0.447. The largest absolute Gasteiger partial charge is 0.492 e. The molecule has 8 nitrogen and oxygen atoms in total. The van der Waals surface area contributed by atoms with Crippen LogP contribution in [0.4, 0.5) is 5.82 Å². The van der Waals surface area contributed by atoms with E-state index in [1.165, 1.54) is 6.33 Å². The molecule has 3 heterocycles. The van der Waals surface area contributed by atoms with Crippen molar-refractivity contribution in [1.82, 2.24) is 14.1 Å². The van der Waals surface area contributed by atoms with E-state index in [4.69, 9.17) is 10.5 Å². The molecule has 0 amide bonds. The van der Waals surface area contributed by atoms with Crippen LogP contribution in [0.15, 0.2) is 71.8 Å². The minimum atomic E-state index is -0.188. The summed E-state index contributed by atoms with van der Waals surface area (Å²) < 4.78 is 9.30. The summed E-state index contributed by atoms with van der Waals surface area (Å²) in [6.07, 6.45) is 3.40. The number of hydrogen-bond donors (Lipinski definition) is 1. The third-order valence-corrected chi connectivity index (χ3v) is 6.40. The molecule has 0 saturated carbocycles. The van der Waals surface area contributed by atoms with Crippen LogP contribution >= 0.6 is 0 Å². The molecule has 4 aromatic rings. The van der Waals surface area contributed by atoms with Gasteiger partial charge in [0.25, 0.3) is 5.56 Å². The molecule has 1 saturated heterocycles. The average molecular weight is 469 g/mol. The first-order valence-electron chi connectivity index (χ1n) is 11.9. The van der Waals surface area contributed by atoms with Crippen LogP contribution in [0.25, 0.3) is 11.0 Å². The van der Waals surface area contributed by atoms with Gasteiger partial charge in [-0.05, 0) is 30.5 Å². The molecule has 1 aliphatic heterocycles. The van der Waals surface area contributed by atoms with Crippen molar-refractivity contribution >= 4 is 16.9 Å². The number of anilines is 1. The van der Waals surface area contributed by atoms with Crippen LogP contribution in [0.3, 0.4) is 0 Å². The van der Waals surface area contributed by atoms with Gasteiger partial charge in [0, 0.05) is 25.7 Å². The van der Waals surface area contributed by atoms with E-state index in [0.29, 0.717) is 42.8 Å². The standard InChI is InChI=1S/C27H28N6O2/c28-16-23-24-25(27(34)32(19-30-24)14-15-35-22-11-5-2-6-12-22)33(17-20-8-3-1-4-9-20)26(23)31-13-7-10-21(29)18-31/h1-6,8-9,11-12,19,21H,7,10,13-15,17-18,29H2. The summed E-state index contributed by atoms with van der Waals surface area (Å²) in [6.45, 7) is 2.56. The molecule has 5 rings (SSSR count). The third kappa shape index (κ3) is 4.63. The molecule has 8 heteroatoms. The van der Waals surface area contributed by atoms with E-state index in [2.05, 4.69) is 16.0 Å². The Labute approximate surface area is 203 Å². The lowest BCUT2D eigenvalue weighted by Crippen LogP contribution is -2.44. The Bertz CT molecular complexity index is 1410. The maximum Gasteiger partial charge on any atom is 0.278 e. The number of benzene rings is 2. The van der Waals surface area contributed by atoms with Crippen molar-refractivity contribution in [2.24, 2.45) is 5.73 Å². The summed E-state index contributed by atoms with van der Waals surface area (Å²) in [5.41, 5.74) is 8.42. The SMILES string of the molecule is N#Cc1c(N2CCCC(N)C2)n(Cc2ccccc2)c2c(=O)n(CCOc3ccccc3)cnc12. The second kappa shape index (κ2) is 10.0. The predicted molar refractivity (Wildman–Crippen MR) is 136 cm³/mol. The lowest BCUT2D eigenvalue weighted by atomic mass is 10.1. The van der Waals surface area contributed by atoms with E-state index in [0.717, 1.165) is 36.5 Å². The minimum absolute atomic E-state index is 0.0261. The minimum Gasteiger partial charge on any atom is -0.492 e. The van der Waals surface area contributed by atoms with Crippen LogP contribution in [0.5, 0.6) is 5.75 Å². The lowest BCUT2D eigenvalue weighted by Gasteiger charge is -2.33. The highest BCUT2D eigenvalue weighted by Crippen LogP contribution is 2.32. The number of rotatable bonds is 7. The van der Waals surface area contributed by atoms with E-state index in [9.17, 15) is 10.1 Å². The van der Waals surface area contributed by atoms with Gasteiger partial charge < -0.3 is 19.9 Å². The van der Waals surface area contributed by atoms with Crippen molar-refractivity contribution in [3.8, 4) is 11.8 Å². The van der Waals surface area contributed by atoms with Gasteiger partial charge in [-0.15, -0.1) is 0 Å². The number of para-hydroxylation sites is 1. The van der Waals surface area contributed by atoms with E-state index in [1.807, 2.05) is 65.2 Å². The van der Waals surface area contributed by atoms with Gasteiger partial charge in [-0.2, -0.15) is 5.26 Å². The summed E-state index contributed by atoms with van der Waals surface area (Å²) in [4.78, 5) is 20.4. The van der Waals surface area contributed by atoms with Gasteiger partial charge in [0.05, 0.1) is 12.9 Å². The fourth-order valence-corrected chi connectivity index (χ4v) is 4.74. The topological polar surface area (TPSA) is 102 Å². The van der Waals surface area contributed by atoms with Crippen molar-refractivity contribution in [3.05, 3.63) is 88.5 Å². The number of nitriles is 1. The first-order valence-corrected chi connectivity index (χ1v) is 11.9. The van der Waals surface area contributed by atoms with Crippen LogP contribution in [0, 0.1) is 11.3 Å². The molecule has 178 valence electrons. The highest BCUT2D eigenvalue weighted by atomic mass is 16.5. The van der Waals surface area contributed by atoms with Crippen molar-refractivity contribution in [1.29, 1.82) is 5.26 Å². The predicted octanol–water partition coefficient (Wildman–Crippen LogP) is 3.12. The smallest absolute Gasteiger partial charge is 0.278 e. The van der Waals surface area contributed by atoms with E-state index < -0.39 is 0 Å². The second-order valence-electron chi connectivity index (χ2n) is 8.83. The van der Waals surface area contributed by atoms with Crippen molar-refractivity contribution < 1.29 is 4.74 Å². The van der Waals surface area contributed by atoms with Crippen LogP contribution in [-0.2, 0) is 13.1 Å². The molecule has 2 aromatic heterocycles. The van der Waals surface area contributed by atoms with E-state index in [1.54, 1.807) is 4.57 Å². The Morgan fingerprint density at radius 3 is 2.57 bits per heavy atom. The highest BCUT2D eigenvalue weighted by Gasteiger charge is 2.28. The molecule has 1 unspecified atom stereocenters. The van der Waals surface area contributed by atoms with Crippen LogP contribution in [0.1, 0.15) is 24.0 Å². The monoisotopic (exact) mass is 468 g/mol. The molecule has 1 fully saturated rings. The van der Waals surface area contributed by atoms with Crippen molar-refractivity contribution in [2.45, 2.75) is 32.0 Å². The zero-order valence-corrected chi connectivity index (χ0v) is 19.5. The normalized spacial score (nSPS) is 15.8. The zero-order valence-electron chi connectivity index (χ0n) is 19.5. The van der Waals surface area contributed by atoms with Gasteiger partial charge >= 0.3 is 0 Å². The van der Waals surface area contributed by atoms with E-state index in [-0.39, 0.29) is 11.6 Å². The Morgan fingerprint density at radius 1 is 1.11 bits per heavy atom. The van der Waals surface area contributed by atoms with Gasteiger partial charge in [0.15, 0.2) is 0 Å². The fourth-order valence-electron chi connectivity index (χ4n) is 4.74. The molecule has 2 N–H and O–H groups in total. The summed E-state index contributed by atoms with van der Waals surface area (Å²) in [7, 11) is 0. The molecular weight excluding hydrogens is 440 g/mol. The average Bonchev–Trinajstić information content (AvgIpc) is 3.20. The van der Waals surface area contributed by atoms with E-state index >= 15 is 0 Å². The molecule has 1 atom stereocenters. The number of nitrogens with two attached hydrogens (primary N) is 1. The molecule has 35 heavy (non-hydrogen) atoms. The third-order valence-electron chi connectivity index (χ3n) is 6.40. The molecule has 0 aliphatic carbocycles. The van der Waals surface area contributed by atoms with Gasteiger partial charge in [0.1, 0.15) is 40.8 Å². The molecule has 1 aliphatic rings. The molecule has 2 aromatic carbocycles. The number of piperidine rings is 1. The summed E-state index contributed by atoms with van der Waals surface area (Å²) in [5, 5.41) is 10.1.